The second-order valence-corrected chi connectivity index (χ2v) is 7.23. The molecule has 4 rings (SSSR count). The molecule has 1 aliphatic heterocycles. The van der Waals surface area contributed by atoms with Crippen LogP contribution in [-0.2, 0) is 4.79 Å². The molecule has 0 unspecified atom stereocenters. The van der Waals surface area contributed by atoms with Crippen LogP contribution in [0.3, 0.4) is 0 Å². The minimum Gasteiger partial charge on any atom is -0.348 e. The number of amides is 2. The summed E-state index contributed by atoms with van der Waals surface area (Å²) in [7, 11) is 0. The molecule has 1 heterocycles. The standard InChI is InChI=1S/C19H25N3O2/c23-18(14-5-2-1-3-6-14)20-17-13-16(17)19(24)22-11-9-21(10-12-22)15-7-4-8-15/h1-3,5-6,15-17H,4,7-13H2,(H,20,23)/t16-,17-/m1/s1. The summed E-state index contributed by atoms with van der Waals surface area (Å²) in [6.45, 7) is 3.69. The number of carbonyl (C=O) groups is 2. The Morgan fingerprint density at radius 3 is 2.33 bits per heavy atom. The molecule has 0 bridgehead atoms. The van der Waals surface area contributed by atoms with Crippen LogP contribution in [0.25, 0.3) is 0 Å². The number of piperazine rings is 1. The summed E-state index contributed by atoms with van der Waals surface area (Å²) in [5.74, 6) is 0.125. The van der Waals surface area contributed by atoms with Crippen molar-refractivity contribution in [3.05, 3.63) is 35.9 Å². The molecule has 2 atom stereocenters. The molecule has 24 heavy (non-hydrogen) atoms. The van der Waals surface area contributed by atoms with E-state index >= 15 is 0 Å². The maximum Gasteiger partial charge on any atom is 0.251 e. The van der Waals surface area contributed by atoms with E-state index in [4.69, 9.17) is 0 Å². The van der Waals surface area contributed by atoms with Gasteiger partial charge in [0.05, 0.1) is 5.92 Å². The van der Waals surface area contributed by atoms with Crippen molar-refractivity contribution in [1.29, 1.82) is 0 Å². The predicted molar refractivity (Wildman–Crippen MR) is 91.6 cm³/mol. The lowest BCUT2D eigenvalue weighted by atomic mass is 9.91. The maximum atomic E-state index is 12.6. The third-order valence-electron chi connectivity index (χ3n) is 5.68. The molecule has 1 aromatic rings. The van der Waals surface area contributed by atoms with Gasteiger partial charge in [-0.2, -0.15) is 0 Å². The quantitative estimate of drug-likeness (QED) is 0.912. The number of nitrogens with zero attached hydrogens (tertiary/aromatic N) is 2. The van der Waals surface area contributed by atoms with Crippen molar-refractivity contribution in [2.45, 2.75) is 37.8 Å². The molecule has 5 nitrogen and oxygen atoms in total. The van der Waals surface area contributed by atoms with Gasteiger partial charge in [-0.25, -0.2) is 0 Å². The van der Waals surface area contributed by atoms with E-state index in [1.807, 2.05) is 23.1 Å². The van der Waals surface area contributed by atoms with E-state index in [9.17, 15) is 9.59 Å². The van der Waals surface area contributed by atoms with Crippen LogP contribution in [-0.4, -0.2) is 59.9 Å². The average molecular weight is 327 g/mol. The summed E-state index contributed by atoms with van der Waals surface area (Å²) in [4.78, 5) is 29.3. The molecule has 3 fully saturated rings. The van der Waals surface area contributed by atoms with Crippen molar-refractivity contribution in [2.24, 2.45) is 5.92 Å². The molecule has 0 radical (unpaired) electrons. The fourth-order valence-electron chi connectivity index (χ4n) is 3.76. The molecule has 0 spiro atoms. The van der Waals surface area contributed by atoms with Crippen LogP contribution in [0, 0.1) is 5.92 Å². The zero-order valence-corrected chi connectivity index (χ0v) is 14.0. The van der Waals surface area contributed by atoms with Gasteiger partial charge in [0.15, 0.2) is 0 Å². The molecule has 5 heteroatoms. The maximum absolute atomic E-state index is 12.6. The lowest BCUT2D eigenvalue weighted by Gasteiger charge is -2.43. The van der Waals surface area contributed by atoms with Gasteiger partial charge in [0.2, 0.25) is 5.91 Å². The summed E-state index contributed by atoms with van der Waals surface area (Å²) in [5.41, 5.74) is 0.657. The van der Waals surface area contributed by atoms with Crippen LogP contribution in [0.15, 0.2) is 30.3 Å². The normalized spacial score (nSPS) is 27.4. The minimum absolute atomic E-state index is 0.00914. The first-order valence-corrected chi connectivity index (χ1v) is 9.11. The zero-order chi connectivity index (χ0) is 16.5. The summed E-state index contributed by atoms with van der Waals surface area (Å²) in [5, 5.41) is 2.99. The summed E-state index contributed by atoms with van der Waals surface area (Å²) in [6.07, 6.45) is 4.78. The Morgan fingerprint density at radius 1 is 1.00 bits per heavy atom. The monoisotopic (exact) mass is 327 g/mol. The van der Waals surface area contributed by atoms with E-state index in [1.165, 1.54) is 19.3 Å². The third kappa shape index (κ3) is 3.18. The molecule has 0 aromatic heterocycles. The van der Waals surface area contributed by atoms with Crippen molar-refractivity contribution in [3.8, 4) is 0 Å². The Labute approximate surface area is 143 Å². The highest BCUT2D eigenvalue weighted by molar-refractivity contribution is 5.95. The highest BCUT2D eigenvalue weighted by Crippen LogP contribution is 2.33. The van der Waals surface area contributed by atoms with E-state index in [2.05, 4.69) is 10.2 Å². The molecular formula is C19H25N3O2. The number of rotatable bonds is 4. The van der Waals surface area contributed by atoms with Gasteiger partial charge in [-0.1, -0.05) is 24.6 Å². The molecule has 1 saturated heterocycles. The highest BCUT2D eigenvalue weighted by Gasteiger charge is 2.46. The number of nitrogens with one attached hydrogen (secondary N) is 1. The Kier molecular flexibility index (Phi) is 4.27. The minimum atomic E-state index is -0.0781. The molecule has 2 saturated carbocycles. The lowest BCUT2D eigenvalue weighted by Crippen LogP contribution is -2.54. The van der Waals surface area contributed by atoms with Gasteiger partial charge in [0.25, 0.3) is 5.91 Å². The first-order valence-electron chi connectivity index (χ1n) is 9.11. The van der Waals surface area contributed by atoms with Crippen LogP contribution in [0.5, 0.6) is 0 Å². The zero-order valence-electron chi connectivity index (χ0n) is 14.0. The van der Waals surface area contributed by atoms with Gasteiger partial charge in [-0.15, -0.1) is 0 Å². The van der Waals surface area contributed by atoms with Gasteiger partial charge in [-0.3, -0.25) is 14.5 Å². The smallest absolute Gasteiger partial charge is 0.251 e. The van der Waals surface area contributed by atoms with Crippen molar-refractivity contribution in [1.82, 2.24) is 15.1 Å². The second kappa shape index (κ2) is 6.55. The molecule has 2 aliphatic carbocycles. The number of hydrogen-bond donors (Lipinski definition) is 1. The molecule has 128 valence electrons. The van der Waals surface area contributed by atoms with E-state index in [0.717, 1.165) is 38.6 Å². The summed E-state index contributed by atoms with van der Waals surface area (Å²) in [6, 6.07) is 9.97. The second-order valence-electron chi connectivity index (χ2n) is 7.23. The highest BCUT2D eigenvalue weighted by atomic mass is 16.2. The third-order valence-corrected chi connectivity index (χ3v) is 5.68. The lowest BCUT2D eigenvalue weighted by molar-refractivity contribution is -0.135. The van der Waals surface area contributed by atoms with Crippen LogP contribution in [0.4, 0.5) is 0 Å². The topological polar surface area (TPSA) is 52.7 Å². The van der Waals surface area contributed by atoms with Crippen LogP contribution < -0.4 is 5.32 Å². The van der Waals surface area contributed by atoms with Crippen molar-refractivity contribution < 1.29 is 9.59 Å². The van der Waals surface area contributed by atoms with Gasteiger partial charge >= 0.3 is 0 Å². The van der Waals surface area contributed by atoms with E-state index in [1.54, 1.807) is 12.1 Å². The van der Waals surface area contributed by atoms with Crippen LogP contribution >= 0.6 is 0 Å². The predicted octanol–water partition coefficient (Wildman–Crippen LogP) is 1.50. The first kappa shape index (κ1) is 15.6. The van der Waals surface area contributed by atoms with Crippen LogP contribution in [0.2, 0.25) is 0 Å². The van der Waals surface area contributed by atoms with Gasteiger partial charge in [0, 0.05) is 43.8 Å². The number of benzene rings is 1. The van der Waals surface area contributed by atoms with E-state index in [-0.39, 0.29) is 23.8 Å². The van der Waals surface area contributed by atoms with E-state index < -0.39 is 0 Å². The van der Waals surface area contributed by atoms with Gasteiger partial charge in [0.1, 0.15) is 0 Å². The summed E-state index contributed by atoms with van der Waals surface area (Å²) < 4.78 is 0. The van der Waals surface area contributed by atoms with Gasteiger partial charge in [-0.05, 0) is 31.4 Å². The Bertz CT molecular complexity index is 606. The largest absolute Gasteiger partial charge is 0.348 e. The molecule has 1 N–H and O–H groups in total. The fourth-order valence-corrected chi connectivity index (χ4v) is 3.76. The molecule has 1 aromatic carbocycles. The summed E-state index contributed by atoms with van der Waals surface area (Å²) >= 11 is 0. The van der Waals surface area contributed by atoms with Gasteiger partial charge < -0.3 is 10.2 Å². The molecule has 3 aliphatic rings. The Balaban J connectivity index is 1.24. The van der Waals surface area contributed by atoms with Crippen molar-refractivity contribution >= 4 is 11.8 Å². The van der Waals surface area contributed by atoms with Crippen LogP contribution in [0.1, 0.15) is 36.0 Å². The molecule has 2 amide bonds. The Morgan fingerprint density at radius 2 is 1.71 bits per heavy atom. The fraction of sp³-hybridized carbons (Fsp3) is 0.579. The SMILES string of the molecule is O=C(N[C@@H]1C[C@H]1C(=O)N1CCN(C2CCC2)CC1)c1ccccc1. The average Bonchev–Trinajstić information content (AvgIpc) is 3.33. The number of carbonyl (C=O) groups excluding carboxylic acids is 2. The first-order chi connectivity index (χ1) is 11.7. The van der Waals surface area contributed by atoms with Crippen molar-refractivity contribution in [2.75, 3.05) is 26.2 Å². The van der Waals surface area contributed by atoms with E-state index in [0.29, 0.717) is 5.56 Å². The Hall–Kier alpha value is -1.88. The van der Waals surface area contributed by atoms with Crippen molar-refractivity contribution in [3.63, 3.8) is 0 Å². The molecular weight excluding hydrogens is 302 g/mol. The number of hydrogen-bond acceptors (Lipinski definition) is 3.